The van der Waals surface area contributed by atoms with Gasteiger partial charge in [0.1, 0.15) is 5.58 Å². The van der Waals surface area contributed by atoms with Crippen molar-refractivity contribution < 1.29 is 27.2 Å². The van der Waals surface area contributed by atoms with Gasteiger partial charge in [0.15, 0.2) is 6.61 Å². The fraction of sp³-hybridized carbons (Fsp3) is 0.444. The number of carbonyl (C=O) groups is 2. The van der Waals surface area contributed by atoms with Crippen LogP contribution in [0.3, 0.4) is 0 Å². The Bertz CT molecular complexity index is 957. The number of fused-ring (bicyclic) bond motifs is 1. The molecule has 2 heterocycles. The highest BCUT2D eigenvalue weighted by Gasteiger charge is 2.26. The largest absolute Gasteiger partial charge is 0.464 e. The third kappa shape index (κ3) is 4.67. The van der Waals surface area contributed by atoms with Crippen LogP contribution in [-0.4, -0.2) is 68.5 Å². The molecule has 0 atom stereocenters. The maximum Gasteiger partial charge on any atom is 0.310 e. The molecule has 146 valence electrons. The lowest BCUT2D eigenvalue weighted by Crippen LogP contribution is -2.51. The first-order chi connectivity index (χ1) is 12.7. The molecular weight excluding hydrogens is 372 g/mol. The lowest BCUT2D eigenvalue weighted by Gasteiger charge is -2.33. The second-order valence-corrected chi connectivity index (χ2v) is 8.62. The zero-order valence-corrected chi connectivity index (χ0v) is 16.1. The van der Waals surface area contributed by atoms with Gasteiger partial charge in [-0.25, -0.2) is 8.42 Å². The molecule has 3 rings (SSSR count). The molecule has 0 radical (unpaired) electrons. The van der Waals surface area contributed by atoms with Crippen molar-refractivity contribution in [2.75, 3.05) is 39.0 Å². The Kier molecular flexibility index (Phi) is 5.52. The number of ether oxygens (including phenoxy) is 1. The number of sulfonamides is 1. The minimum atomic E-state index is -3.25. The summed E-state index contributed by atoms with van der Waals surface area (Å²) in [5, 5.41) is 0.848. The molecule has 0 spiro atoms. The molecule has 0 unspecified atom stereocenters. The number of aryl methyl sites for hydroxylation is 1. The topological polar surface area (TPSA) is 97.1 Å². The molecule has 8 nitrogen and oxygen atoms in total. The van der Waals surface area contributed by atoms with Crippen LogP contribution in [0.4, 0.5) is 0 Å². The van der Waals surface area contributed by atoms with Crippen LogP contribution in [0.5, 0.6) is 0 Å². The Balaban J connectivity index is 1.49. The highest BCUT2D eigenvalue weighted by Crippen LogP contribution is 2.23. The van der Waals surface area contributed by atoms with Gasteiger partial charge in [-0.2, -0.15) is 4.31 Å². The van der Waals surface area contributed by atoms with E-state index >= 15 is 0 Å². The number of benzene rings is 1. The van der Waals surface area contributed by atoms with E-state index in [9.17, 15) is 18.0 Å². The second-order valence-electron chi connectivity index (χ2n) is 6.64. The van der Waals surface area contributed by atoms with Gasteiger partial charge in [-0.15, -0.1) is 0 Å². The monoisotopic (exact) mass is 394 g/mol. The molecule has 1 saturated heterocycles. The van der Waals surface area contributed by atoms with Gasteiger partial charge in [0.25, 0.3) is 5.91 Å². The standard InChI is InChI=1S/C18H22N2O6S/c1-13-3-4-15-14(11-25-16(15)9-13)10-18(22)26-12-17(21)19-5-7-20(8-6-19)27(2,23)24/h3-4,9,11H,5-8,10,12H2,1-2H3. The number of nitrogens with zero attached hydrogens (tertiary/aromatic N) is 2. The summed E-state index contributed by atoms with van der Waals surface area (Å²) in [6.07, 6.45) is 2.69. The molecule has 2 aromatic rings. The number of rotatable bonds is 5. The van der Waals surface area contributed by atoms with E-state index in [1.165, 1.54) is 15.5 Å². The number of amides is 1. The zero-order chi connectivity index (χ0) is 19.6. The molecule has 9 heteroatoms. The van der Waals surface area contributed by atoms with E-state index in [0.717, 1.165) is 17.2 Å². The Hall–Kier alpha value is -2.39. The number of hydrogen-bond acceptors (Lipinski definition) is 6. The molecule has 1 fully saturated rings. The Morgan fingerprint density at radius 2 is 1.89 bits per heavy atom. The predicted octanol–water partition coefficient (Wildman–Crippen LogP) is 0.931. The van der Waals surface area contributed by atoms with Crippen LogP contribution in [-0.2, 0) is 30.8 Å². The summed E-state index contributed by atoms with van der Waals surface area (Å²) in [5.74, 6) is -0.842. The van der Waals surface area contributed by atoms with Gasteiger partial charge in [-0.3, -0.25) is 9.59 Å². The lowest BCUT2D eigenvalue weighted by molar-refractivity contribution is -0.151. The van der Waals surface area contributed by atoms with Crippen molar-refractivity contribution in [3.8, 4) is 0 Å². The van der Waals surface area contributed by atoms with Gasteiger partial charge in [-0.1, -0.05) is 12.1 Å². The summed E-state index contributed by atoms with van der Waals surface area (Å²) in [7, 11) is -3.25. The Morgan fingerprint density at radius 3 is 2.56 bits per heavy atom. The van der Waals surface area contributed by atoms with Crippen LogP contribution < -0.4 is 0 Å². The first-order valence-corrected chi connectivity index (χ1v) is 10.4. The van der Waals surface area contributed by atoms with Crippen LogP contribution in [0, 0.1) is 6.92 Å². The van der Waals surface area contributed by atoms with E-state index in [4.69, 9.17) is 9.15 Å². The number of furan rings is 1. The predicted molar refractivity (Wildman–Crippen MR) is 98.6 cm³/mol. The first kappa shape index (κ1) is 19.4. The van der Waals surface area contributed by atoms with Crippen LogP contribution >= 0.6 is 0 Å². The zero-order valence-electron chi connectivity index (χ0n) is 15.3. The van der Waals surface area contributed by atoms with Crippen molar-refractivity contribution in [3.63, 3.8) is 0 Å². The number of hydrogen-bond donors (Lipinski definition) is 0. The summed E-state index contributed by atoms with van der Waals surface area (Å²) in [6.45, 7) is 2.67. The normalized spacial score (nSPS) is 15.9. The van der Waals surface area contributed by atoms with Crippen molar-refractivity contribution in [1.29, 1.82) is 0 Å². The van der Waals surface area contributed by atoms with Crippen molar-refractivity contribution in [1.82, 2.24) is 9.21 Å². The Morgan fingerprint density at radius 1 is 1.19 bits per heavy atom. The maximum atomic E-state index is 12.2. The van der Waals surface area contributed by atoms with Crippen LogP contribution in [0.2, 0.25) is 0 Å². The minimum Gasteiger partial charge on any atom is -0.464 e. The van der Waals surface area contributed by atoms with Gasteiger partial charge in [0.05, 0.1) is 18.9 Å². The summed E-state index contributed by atoms with van der Waals surface area (Å²) in [5.41, 5.74) is 2.48. The maximum absolute atomic E-state index is 12.2. The molecule has 0 aliphatic carbocycles. The fourth-order valence-corrected chi connectivity index (χ4v) is 3.86. The van der Waals surface area contributed by atoms with Crippen LogP contribution in [0.25, 0.3) is 11.0 Å². The van der Waals surface area contributed by atoms with Crippen LogP contribution in [0.15, 0.2) is 28.9 Å². The number of carbonyl (C=O) groups excluding carboxylic acids is 2. The molecule has 1 aliphatic heterocycles. The Labute approximate surface area is 157 Å². The quantitative estimate of drug-likeness (QED) is 0.700. The minimum absolute atomic E-state index is 0.0190. The average Bonchev–Trinajstić information content (AvgIpc) is 3.00. The van der Waals surface area contributed by atoms with Gasteiger partial charge in [0, 0.05) is 37.1 Å². The van der Waals surface area contributed by atoms with E-state index in [-0.39, 0.29) is 45.1 Å². The van der Waals surface area contributed by atoms with Crippen molar-refractivity contribution in [3.05, 3.63) is 35.6 Å². The third-order valence-corrected chi connectivity index (χ3v) is 5.87. The van der Waals surface area contributed by atoms with E-state index in [1.54, 1.807) is 0 Å². The van der Waals surface area contributed by atoms with E-state index in [2.05, 4.69) is 0 Å². The molecular formula is C18H22N2O6S. The molecule has 0 N–H and O–H groups in total. The molecule has 0 bridgehead atoms. The number of piperazine rings is 1. The molecule has 1 aliphatic rings. The van der Waals surface area contributed by atoms with Gasteiger partial charge >= 0.3 is 5.97 Å². The van der Waals surface area contributed by atoms with E-state index in [0.29, 0.717) is 11.1 Å². The van der Waals surface area contributed by atoms with Gasteiger partial charge in [0.2, 0.25) is 10.0 Å². The summed E-state index contributed by atoms with van der Waals surface area (Å²) in [4.78, 5) is 25.7. The smallest absolute Gasteiger partial charge is 0.310 e. The SMILES string of the molecule is Cc1ccc2c(CC(=O)OCC(=O)N3CCN(S(C)(=O)=O)CC3)coc2c1. The lowest BCUT2D eigenvalue weighted by atomic mass is 10.1. The first-order valence-electron chi connectivity index (χ1n) is 8.59. The molecule has 1 amide bonds. The molecule has 0 saturated carbocycles. The van der Waals surface area contributed by atoms with Crippen molar-refractivity contribution in [2.24, 2.45) is 0 Å². The van der Waals surface area contributed by atoms with Crippen LogP contribution in [0.1, 0.15) is 11.1 Å². The summed E-state index contributed by atoms with van der Waals surface area (Å²) < 4.78 is 34.8. The van der Waals surface area contributed by atoms with Crippen molar-refractivity contribution >= 4 is 32.9 Å². The molecule has 1 aromatic carbocycles. The van der Waals surface area contributed by atoms with Gasteiger partial charge < -0.3 is 14.1 Å². The summed E-state index contributed by atoms with van der Waals surface area (Å²) in [6, 6.07) is 5.72. The highest BCUT2D eigenvalue weighted by atomic mass is 32.2. The second kappa shape index (κ2) is 7.69. The fourth-order valence-electron chi connectivity index (χ4n) is 3.04. The average molecular weight is 394 g/mol. The number of esters is 1. The van der Waals surface area contributed by atoms with Gasteiger partial charge in [-0.05, 0) is 18.6 Å². The third-order valence-electron chi connectivity index (χ3n) is 4.56. The van der Waals surface area contributed by atoms with E-state index in [1.807, 2.05) is 25.1 Å². The van der Waals surface area contributed by atoms with Crippen molar-refractivity contribution in [2.45, 2.75) is 13.3 Å². The molecule has 27 heavy (non-hydrogen) atoms. The van der Waals surface area contributed by atoms with E-state index < -0.39 is 16.0 Å². The molecule has 1 aromatic heterocycles. The highest BCUT2D eigenvalue weighted by molar-refractivity contribution is 7.88. The summed E-state index contributed by atoms with van der Waals surface area (Å²) >= 11 is 0.